The second-order valence-corrected chi connectivity index (χ2v) is 6.17. The van der Waals surface area contributed by atoms with Crippen LogP contribution in [0, 0.1) is 0 Å². The molecular formula is C14H17Cl2NO3. The van der Waals surface area contributed by atoms with Crippen LogP contribution in [0.1, 0.15) is 26.3 Å². The Morgan fingerprint density at radius 1 is 1.40 bits per heavy atom. The molecule has 6 heteroatoms. The summed E-state index contributed by atoms with van der Waals surface area (Å²) in [7, 11) is 0. The normalized spacial score (nSPS) is 12.7. The van der Waals surface area contributed by atoms with Gasteiger partial charge in [-0.25, -0.2) is 4.79 Å². The van der Waals surface area contributed by atoms with Crippen molar-refractivity contribution in [2.24, 2.45) is 0 Å². The summed E-state index contributed by atoms with van der Waals surface area (Å²) in [5.74, 6) is 0. The molecule has 0 aliphatic rings. The highest BCUT2D eigenvalue weighted by atomic mass is 35.5. The quantitative estimate of drug-likeness (QED) is 0.863. The summed E-state index contributed by atoms with van der Waals surface area (Å²) in [4.78, 5) is 22.7. The fourth-order valence-electron chi connectivity index (χ4n) is 1.52. The Morgan fingerprint density at radius 2 is 2.05 bits per heavy atom. The van der Waals surface area contributed by atoms with Gasteiger partial charge in [0.05, 0.1) is 6.04 Å². The smallest absolute Gasteiger partial charge is 0.408 e. The largest absolute Gasteiger partial charge is 0.444 e. The standard InChI is InChI=1S/C14H17Cl2NO3/c1-14(2,3)20-13(19)17-11(8-18)6-9-4-5-10(15)7-12(9)16/h4-5,7-8,11H,6H2,1-3H3,(H,17,19)/t11-/m0/s1. The Balaban J connectivity index is 2.68. The van der Waals surface area contributed by atoms with Crippen LogP contribution in [0.2, 0.25) is 10.0 Å². The molecule has 0 aliphatic carbocycles. The summed E-state index contributed by atoms with van der Waals surface area (Å²) < 4.78 is 5.09. The second kappa shape index (κ2) is 6.95. The maximum absolute atomic E-state index is 11.6. The van der Waals surface area contributed by atoms with E-state index in [1.165, 1.54) is 0 Å². The van der Waals surface area contributed by atoms with Crippen molar-refractivity contribution in [1.29, 1.82) is 0 Å². The molecule has 0 saturated carbocycles. The maximum Gasteiger partial charge on any atom is 0.408 e. The minimum atomic E-state index is -0.705. The first-order chi connectivity index (χ1) is 9.21. The number of aldehydes is 1. The van der Waals surface area contributed by atoms with E-state index in [4.69, 9.17) is 27.9 Å². The molecule has 1 aromatic rings. The van der Waals surface area contributed by atoms with Crippen LogP contribution in [0.3, 0.4) is 0 Å². The van der Waals surface area contributed by atoms with Crippen LogP contribution in [-0.4, -0.2) is 24.0 Å². The van der Waals surface area contributed by atoms with E-state index in [0.29, 0.717) is 16.3 Å². The van der Waals surface area contributed by atoms with Crippen molar-refractivity contribution in [1.82, 2.24) is 5.32 Å². The van der Waals surface area contributed by atoms with Gasteiger partial charge in [0.1, 0.15) is 11.9 Å². The molecule has 1 aromatic carbocycles. The van der Waals surface area contributed by atoms with Crippen LogP contribution >= 0.6 is 23.2 Å². The van der Waals surface area contributed by atoms with Gasteiger partial charge in [0.25, 0.3) is 0 Å². The van der Waals surface area contributed by atoms with Crippen molar-refractivity contribution in [2.45, 2.75) is 38.8 Å². The number of carbonyl (C=O) groups is 2. The van der Waals surface area contributed by atoms with Gasteiger partial charge in [-0.2, -0.15) is 0 Å². The number of amides is 1. The van der Waals surface area contributed by atoms with Gasteiger partial charge in [0.2, 0.25) is 0 Å². The lowest BCUT2D eigenvalue weighted by Crippen LogP contribution is -2.41. The monoisotopic (exact) mass is 317 g/mol. The summed E-state index contributed by atoms with van der Waals surface area (Å²) in [6.45, 7) is 5.25. The number of carbonyl (C=O) groups excluding carboxylic acids is 2. The average Bonchev–Trinajstić information content (AvgIpc) is 2.29. The molecule has 20 heavy (non-hydrogen) atoms. The predicted molar refractivity (Wildman–Crippen MR) is 79.4 cm³/mol. The summed E-state index contributed by atoms with van der Waals surface area (Å²) in [6, 6.07) is 4.28. The molecular weight excluding hydrogens is 301 g/mol. The zero-order chi connectivity index (χ0) is 15.3. The summed E-state index contributed by atoms with van der Waals surface area (Å²) in [5.41, 5.74) is 0.110. The third-order valence-electron chi connectivity index (χ3n) is 2.32. The Labute approximate surface area is 128 Å². The molecule has 1 N–H and O–H groups in total. The topological polar surface area (TPSA) is 55.4 Å². The van der Waals surface area contributed by atoms with Crippen LogP contribution in [0.25, 0.3) is 0 Å². The molecule has 0 bridgehead atoms. The first kappa shape index (κ1) is 16.8. The van der Waals surface area contributed by atoms with E-state index in [2.05, 4.69) is 5.32 Å². The van der Waals surface area contributed by atoms with Crippen LogP contribution in [0.5, 0.6) is 0 Å². The number of hydrogen-bond acceptors (Lipinski definition) is 3. The van der Waals surface area contributed by atoms with Crippen molar-refractivity contribution in [3.05, 3.63) is 33.8 Å². The lowest BCUT2D eigenvalue weighted by atomic mass is 10.1. The van der Waals surface area contributed by atoms with Crippen molar-refractivity contribution in [3.63, 3.8) is 0 Å². The minimum Gasteiger partial charge on any atom is -0.444 e. The van der Waals surface area contributed by atoms with E-state index < -0.39 is 17.7 Å². The molecule has 1 atom stereocenters. The number of halogens is 2. The number of rotatable bonds is 4. The number of benzene rings is 1. The van der Waals surface area contributed by atoms with Gasteiger partial charge in [-0.15, -0.1) is 0 Å². The fourth-order valence-corrected chi connectivity index (χ4v) is 2.00. The maximum atomic E-state index is 11.6. The number of ether oxygens (including phenoxy) is 1. The van der Waals surface area contributed by atoms with Gasteiger partial charge in [0, 0.05) is 16.5 Å². The SMILES string of the molecule is CC(C)(C)OC(=O)N[C@H](C=O)Cc1ccc(Cl)cc1Cl. The molecule has 1 rings (SSSR count). The third-order valence-corrected chi connectivity index (χ3v) is 2.91. The fraction of sp³-hybridized carbons (Fsp3) is 0.429. The van der Waals surface area contributed by atoms with Gasteiger partial charge in [-0.3, -0.25) is 0 Å². The first-order valence-corrected chi connectivity index (χ1v) is 6.85. The molecule has 1 amide bonds. The lowest BCUT2D eigenvalue weighted by molar-refractivity contribution is -0.109. The molecule has 0 aliphatic heterocycles. The zero-order valence-corrected chi connectivity index (χ0v) is 13.1. The Bertz CT molecular complexity index is 498. The average molecular weight is 318 g/mol. The molecule has 0 spiro atoms. The highest BCUT2D eigenvalue weighted by molar-refractivity contribution is 6.35. The van der Waals surface area contributed by atoms with Gasteiger partial charge < -0.3 is 14.8 Å². The highest BCUT2D eigenvalue weighted by Crippen LogP contribution is 2.22. The van der Waals surface area contributed by atoms with Gasteiger partial charge >= 0.3 is 6.09 Å². The lowest BCUT2D eigenvalue weighted by Gasteiger charge is -2.21. The summed E-state index contributed by atoms with van der Waals surface area (Å²) in [5, 5.41) is 3.46. The Morgan fingerprint density at radius 3 is 2.55 bits per heavy atom. The molecule has 110 valence electrons. The zero-order valence-electron chi connectivity index (χ0n) is 11.6. The van der Waals surface area contributed by atoms with Crippen molar-refractivity contribution >= 4 is 35.6 Å². The Kier molecular flexibility index (Phi) is 5.84. The molecule has 0 radical (unpaired) electrons. The van der Waals surface area contributed by atoms with E-state index in [9.17, 15) is 9.59 Å². The van der Waals surface area contributed by atoms with Crippen LogP contribution in [-0.2, 0) is 16.0 Å². The van der Waals surface area contributed by atoms with Crippen LogP contribution in [0.15, 0.2) is 18.2 Å². The molecule has 0 heterocycles. The van der Waals surface area contributed by atoms with Gasteiger partial charge in [-0.05, 0) is 38.5 Å². The third kappa shape index (κ3) is 5.80. The van der Waals surface area contributed by atoms with Crippen molar-refractivity contribution in [3.8, 4) is 0 Å². The predicted octanol–water partition coefficient (Wildman–Crippen LogP) is 3.63. The van der Waals surface area contributed by atoms with E-state index in [-0.39, 0.29) is 6.42 Å². The number of nitrogens with one attached hydrogen (secondary N) is 1. The molecule has 0 aromatic heterocycles. The van der Waals surface area contributed by atoms with Crippen LogP contribution < -0.4 is 5.32 Å². The summed E-state index contributed by atoms with van der Waals surface area (Å²) in [6.07, 6.45) is 0.285. The first-order valence-electron chi connectivity index (χ1n) is 6.10. The molecule has 4 nitrogen and oxygen atoms in total. The Hall–Kier alpha value is -1.26. The van der Waals surface area contributed by atoms with Gasteiger partial charge in [-0.1, -0.05) is 29.3 Å². The second-order valence-electron chi connectivity index (χ2n) is 5.33. The highest BCUT2D eigenvalue weighted by Gasteiger charge is 2.20. The molecule has 0 saturated heterocycles. The molecule has 0 fully saturated rings. The minimum absolute atomic E-state index is 0.277. The number of alkyl carbamates (subject to hydrolysis) is 1. The van der Waals surface area contributed by atoms with E-state index in [0.717, 1.165) is 5.56 Å². The number of hydrogen-bond donors (Lipinski definition) is 1. The van der Waals surface area contributed by atoms with Gasteiger partial charge in [0.15, 0.2) is 0 Å². The van der Waals surface area contributed by atoms with E-state index in [1.807, 2.05) is 0 Å². The van der Waals surface area contributed by atoms with E-state index >= 15 is 0 Å². The van der Waals surface area contributed by atoms with E-state index in [1.54, 1.807) is 39.0 Å². The molecule has 0 unspecified atom stereocenters. The van der Waals surface area contributed by atoms with Crippen molar-refractivity contribution in [2.75, 3.05) is 0 Å². The summed E-state index contributed by atoms with van der Waals surface area (Å²) >= 11 is 11.8. The van der Waals surface area contributed by atoms with Crippen LogP contribution in [0.4, 0.5) is 4.79 Å². The van der Waals surface area contributed by atoms with Crippen molar-refractivity contribution < 1.29 is 14.3 Å².